The Labute approximate surface area is 90.6 Å². The summed E-state index contributed by atoms with van der Waals surface area (Å²) < 4.78 is 35.4. The van der Waals surface area contributed by atoms with Crippen molar-refractivity contribution in [3.05, 3.63) is 29.3 Å². The standard InChI is InChI=1S/C10H11F3N2O/c1-6-3-4-8(7(2)5-6)14-9(16)15-10(11,12)13/h3-5H,1-2H3,(H2,14,15,16). The van der Waals surface area contributed by atoms with Gasteiger partial charge in [0.2, 0.25) is 0 Å². The maximum Gasteiger partial charge on any atom is 0.485 e. The van der Waals surface area contributed by atoms with Crippen LogP contribution in [0.15, 0.2) is 18.2 Å². The summed E-state index contributed by atoms with van der Waals surface area (Å²) in [6.45, 7) is 3.56. The SMILES string of the molecule is Cc1ccc(NC(=O)NC(F)(F)F)c(C)c1. The molecule has 0 fully saturated rings. The van der Waals surface area contributed by atoms with Gasteiger partial charge in [0.25, 0.3) is 0 Å². The third kappa shape index (κ3) is 3.80. The maximum atomic E-state index is 11.8. The summed E-state index contributed by atoms with van der Waals surface area (Å²) in [5, 5.41) is 2.98. The normalized spacial score (nSPS) is 11.1. The van der Waals surface area contributed by atoms with Gasteiger partial charge < -0.3 is 5.32 Å². The van der Waals surface area contributed by atoms with Gasteiger partial charge in [0.1, 0.15) is 0 Å². The van der Waals surface area contributed by atoms with Crippen molar-refractivity contribution in [2.24, 2.45) is 0 Å². The first kappa shape index (κ1) is 12.4. The van der Waals surface area contributed by atoms with E-state index in [0.717, 1.165) is 10.9 Å². The van der Waals surface area contributed by atoms with E-state index in [-0.39, 0.29) is 0 Å². The predicted octanol–water partition coefficient (Wildman–Crippen LogP) is 2.94. The molecule has 6 heteroatoms. The number of hydrogen-bond donors (Lipinski definition) is 2. The summed E-state index contributed by atoms with van der Waals surface area (Å²) in [4.78, 5) is 10.9. The van der Waals surface area contributed by atoms with Crippen LogP contribution in [0.1, 0.15) is 11.1 Å². The highest BCUT2D eigenvalue weighted by Crippen LogP contribution is 2.16. The molecule has 0 unspecified atom stereocenters. The van der Waals surface area contributed by atoms with E-state index in [4.69, 9.17) is 0 Å². The second-order valence-electron chi connectivity index (χ2n) is 3.40. The van der Waals surface area contributed by atoms with Gasteiger partial charge in [0, 0.05) is 5.69 Å². The summed E-state index contributed by atoms with van der Waals surface area (Å²) in [6, 6.07) is 3.74. The van der Waals surface area contributed by atoms with E-state index in [1.165, 1.54) is 0 Å². The molecule has 0 spiro atoms. The van der Waals surface area contributed by atoms with Gasteiger partial charge in [0.15, 0.2) is 0 Å². The van der Waals surface area contributed by atoms with E-state index in [2.05, 4.69) is 5.32 Å². The molecule has 1 aromatic carbocycles. The van der Waals surface area contributed by atoms with Gasteiger partial charge in [-0.15, -0.1) is 0 Å². The summed E-state index contributed by atoms with van der Waals surface area (Å²) in [5.41, 5.74) is 2.03. The third-order valence-electron chi connectivity index (χ3n) is 1.89. The van der Waals surface area contributed by atoms with E-state index >= 15 is 0 Å². The minimum Gasteiger partial charge on any atom is -0.308 e. The highest BCUT2D eigenvalue weighted by Gasteiger charge is 2.30. The minimum absolute atomic E-state index is 0.354. The van der Waals surface area contributed by atoms with Gasteiger partial charge in [0.05, 0.1) is 0 Å². The molecule has 0 aromatic heterocycles. The third-order valence-corrected chi connectivity index (χ3v) is 1.89. The molecule has 0 saturated carbocycles. The van der Waals surface area contributed by atoms with Crippen molar-refractivity contribution < 1.29 is 18.0 Å². The molecular weight excluding hydrogens is 221 g/mol. The van der Waals surface area contributed by atoms with Crippen LogP contribution in [0.3, 0.4) is 0 Å². The average molecular weight is 232 g/mol. The van der Waals surface area contributed by atoms with Crippen molar-refractivity contribution in [1.82, 2.24) is 5.32 Å². The topological polar surface area (TPSA) is 41.1 Å². The first-order valence-electron chi connectivity index (χ1n) is 4.51. The number of halogens is 3. The van der Waals surface area contributed by atoms with Crippen molar-refractivity contribution in [3.8, 4) is 0 Å². The number of rotatable bonds is 1. The number of urea groups is 1. The van der Waals surface area contributed by atoms with Crippen LogP contribution in [0.2, 0.25) is 0 Å². The van der Waals surface area contributed by atoms with E-state index < -0.39 is 12.3 Å². The fraction of sp³-hybridized carbons (Fsp3) is 0.300. The van der Waals surface area contributed by atoms with Gasteiger partial charge >= 0.3 is 12.3 Å². The molecule has 0 bridgehead atoms. The molecular formula is C10H11F3N2O. The van der Waals surface area contributed by atoms with Crippen LogP contribution in [0.5, 0.6) is 0 Å². The Balaban J connectivity index is 2.70. The monoisotopic (exact) mass is 232 g/mol. The second-order valence-corrected chi connectivity index (χ2v) is 3.40. The zero-order valence-corrected chi connectivity index (χ0v) is 8.77. The number of amides is 2. The molecule has 0 atom stereocenters. The summed E-state index contributed by atoms with van der Waals surface area (Å²) in [6.07, 6.45) is -4.72. The van der Waals surface area contributed by atoms with E-state index in [9.17, 15) is 18.0 Å². The molecule has 1 aromatic rings. The highest BCUT2D eigenvalue weighted by atomic mass is 19.4. The number of anilines is 1. The number of alkyl halides is 3. The quantitative estimate of drug-likeness (QED) is 0.718. The number of benzene rings is 1. The lowest BCUT2D eigenvalue weighted by Crippen LogP contribution is -2.40. The lowest BCUT2D eigenvalue weighted by molar-refractivity contribution is -0.144. The molecule has 2 N–H and O–H groups in total. The molecule has 0 aliphatic rings. The van der Waals surface area contributed by atoms with Crippen LogP contribution in [0.4, 0.5) is 23.7 Å². The molecule has 88 valence electrons. The molecule has 0 radical (unpaired) electrons. The van der Waals surface area contributed by atoms with Gasteiger partial charge in [-0.05, 0) is 25.5 Å². The van der Waals surface area contributed by atoms with Crippen LogP contribution >= 0.6 is 0 Å². The zero-order chi connectivity index (χ0) is 12.3. The molecule has 0 saturated heterocycles. The predicted molar refractivity (Wildman–Crippen MR) is 54.1 cm³/mol. The first-order chi connectivity index (χ1) is 7.28. The van der Waals surface area contributed by atoms with Crippen molar-refractivity contribution in [2.75, 3.05) is 5.32 Å². The Morgan fingerprint density at radius 1 is 1.25 bits per heavy atom. The number of carbonyl (C=O) groups is 1. The van der Waals surface area contributed by atoms with Crippen LogP contribution in [0, 0.1) is 13.8 Å². The van der Waals surface area contributed by atoms with Crippen LogP contribution in [-0.4, -0.2) is 12.3 Å². The smallest absolute Gasteiger partial charge is 0.308 e. The van der Waals surface area contributed by atoms with Crippen molar-refractivity contribution in [3.63, 3.8) is 0 Å². The largest absolute Gasteiger partial charge is 0.485 e. The van der Waals surface area contributed by atoms with E-state index in [1.54, 1.807) is 25.1 Å². The molecule has 2 amide bonds. The number of hydrogen-bond acceptors (Lipinski definition) is 1. The fourth-order valence-electron chi connectivity index (χ4n) is 1.24. The van der Waals surface area contributed by atoms with Gasteiger partial charge in [-0.3, -0.25) is 0 Å². The Hall–Kier alpha value is -1.72. The Kier molecular flexibility index (Phi) is 3.41. The first-order valence-corrected chi connectivity index (χ1v) is 4.51. The fourth-order valence-corrected chi connectivity index (χ4v) is 1.24. The average Bonchev–Trinajstić information content (AvgIpc) is 2.06. The van der Waals surface area contributed by atoms with Crippen LogP contribution < -0.4 is 10.6 Å². The van der Waals surface area contributed by atoms with Crippen LogP contribution in [-0.2, 0) is 0 Å². The maximum absolute atomic E-state index is 11.8. The summed E-state index contributed by atoms with van der Waals surface area (Å²) in [7, 11) is 0. The molecule has 3 nitrogen and oxygen atoms in total. The number of carbonyl (C=O) groups excluding carboxylic acids is 1. The van der Waals surface area contributed by atoms with Crippen molar-refractivity contribution >= 4 is 11.7 Å². The zero-order valence-electron chi connectivity index (χ0n) is 8.77. The molecule has 0 aliphatic carbocycles. The summed E-state index contributed by atoms with van der Waals surface area (Å²) in [5.74, 6) is 0. The minimum atomic E-state index is -4.72. The molecule has 0 heterocycles. The Morgan fingerprint density at radius 3 is 2.38 bits per heavy atom. The summed E-state index contributed by atoms with van der Waals surface area (Å²) >= 11 is 0. The lowest BCUT2D eigenvalue weighted by Gasteiger charge is -2.11. The molecule has 0 aliphatic heterocycles. The molecule has 16 heavy (non-hydrogen) atoms. The van der Waals surface area contributed by atoms with Gasteiger partial charge in [-0.2, -0.15) is 13.2 Å². The van der Waals surface area contributed by atoms with Crippen molar-refractivity contribution in [2.45, 2.75) is 20.1 Å². The lowest BCUT2D eigenvalue weighted by atomic mass is 10.1. The van der Waals surface area contributed by atoms with E-state index in [1.807, 2.05) is 6.92 Å². The van der Waals surface area contributed by atoms with Crippen LogP contribution in [0.25, 0.3) is 0 Å². The van der Waals surface area contributed by atoms with E-state index in [0.29, 0.717) is 11.3 Å². The Bertz CT molecular complexity index is 402. The second kappa shape index (κ2) is 4.42. The Morgan fingerprint density at radius 2 is 1.88 bits per heavy atom. The number of nitrogens with one attached hydrogen (secondary N) is 2. The molecule has 1 rings (SSSR count). The highest BCUT2D eigenvalue weighted by molar-refractivity contribution is 5.90. The van der Waals surface area contributed by atoms with Gasteiger partial charge in [-0.25, -0.2) is 10.1 Å². The van der Waals surface area contributed by atoms with Crippen molar-refractivity contribution in [1.29, 1.82) is 0 Å². The van der Waals surface area contributed by atoms with Gasteiger partial charge in [-0.1, -0.05) is 17.7 Å². The number of aryl methyl sites for hydroxylation is 2.